The average molecular weight is 493 g/mol. The maximum absolute atomic E-state index is 14.8. The van der Waals surface area contributed by atoms with Crippen LogP contribution in [-0.4, -0.2) is 39.9 Å². The Labute approximate surface area is 211 Å². The van der Waals surface area contributed by atoms with Crippen molar-refractivity contribution in [3.63, 3.8) is 0 Å². The number of carbonyl (C=O) groups is 1. The molecule has 2 heterocycles. The van der Waals surface area contributed by atoms with Gasteiger partial charge in [-0.15, -0.1) is 0 Å². The third-order valence-corrected chi connectivity index (χ3v) is 6.34. The van der Waals surface area contributed by atoms with Gasteiger partial charge in [-0.25, -0.2) is 14.2 Å². The maximum atomic E-state index is 14.8. The van der Waals surface area contributed by atoms with E-state index >= 15 is 0 Å². The molecule has 3 N–H and O–H groups in total. The van der Waals surface area contributed by atoms with Crippen LogP contribution >= 0.6 is 0 Å². The number of nitrogens with one attached hydrogen (secondary N) is 2. The molecule has 0 unspecified atom stereocenters. The van der Waals surface area contributed by atoms with Crippen molar-refractivity contribution < 1.29 is 19.0 Å². The van der Waals surface area contributed by atoms with Crippen LogP contribution < -0.4 is 15.4 Å². The van der Waals surface area contributed by atoms with E-state index in [-0.39, 0.29) is 12.3 Å². The second-order valence-corrected chi connectivity index (χ2v) is 10.5. The minimum absolute atomic E-state index is 0.0493. The fraction of sp³-hybridized carbons (Fsp3) is 0.393. The van der Waals surface area contributed by atoms with Crippen LogP contribution in [0.4, 0.5) is 14.9 Å². The van der Waals surface area contributed by atoms with Gasteiger partial charge in [0.05, 0.1) is 17.0 Å². The van der Waals surface area contributed by atoms with Crippen LogP contribution in [0.15, 0.2) is 48.8 Å². The Morgan fingerprint density at radius 2 is 1.89 bits per heavy atom. The zero-order valence-electron chi connectivity index (χ0n) is 21.2. The number of ether oxygens (including phenoxy) is 1. The molecule has 190 valence electrons. The zero-order chi connectivity index (χ0) is 25.9. The van der Waals surface area contributed by atoms with Crippen LogP contribution in [0.3, 0.4) is 0 Å². The molecule has 1 aliphatic carbocycles. The predicted molar refractivity (Wildman–Crippen MR) is 138 cm³/mol. The van der Waals surface area contributed by atoms with Crippen molar-refractivity contribution in [2.75, 3.05) is 18.5 Å². The fourth-order valence-electron chi connectivity index (χ4n) is 3.84. The zero-order valence-corrected chi connectivity index (χ0v) is 21.2. The summed E-state index contributed by atoms with van der Waals surface area (Å²) in [6.45, 7) is 7.91. The highest BCUT2D eigenvalue weighted by Gasteiger charge is 2.36. The lowest BCUT2D eigenvalue weighted by Gasteiger charge is -2.19. The molecule has 2 aromatic heterocycles. The Morgan fingerprint density at radius 1 is 1.17 bits per heavy atom. The number of rotatable bonds is 9. The Bertz CT molecular complexity index is 1240. The van der Waals surface area contributed by atoms with Crippen LogP contribution in [0.25, 0.3) is 22.4 Å². The van der Waals surface area contributed by atoms with Crippen LogP contribution in [0.2, 0.25) is 0 Å². The molecular formula is C28H33FN4O3. The third-order valence-electron chi connectivity index (χ3n) is 6.34. The van der Waals surface area contributed by atoms with E-state index in [0.717, 1.165) is 23.1 Å². The molecule has 7 nitrogen and oxygen atoms in total. The van der Waals surface area contributed by atoms with E-state index in [4.69, 9.17) is 4.74 Å². The first-order chi connectivity index (χ1) is 17.0. The summed E-state index contributed by atoms with van der Waals surface area (Å²) in [7, 11) is 0. The van der Waals surface area contributed by atoms with Gasteiger partial charge in [0.1, 0.15) is 12.4 Å². The Hall–Kier alpha value is -3.52. The molecule has 1 aromatic carbocycles. The standard InChI is InChI=1S/C28H33FN4O3/c1-18-13-22(29)24(33-26(34)31-12-9-28(4)7-8-28)16-21(18)20-14-23(19-5-10-30-11-6-19)32-25(15-20)36-17-27(2,3)35/h5-6,10-11,13-16,35H,7-9,12,17H2,1-4H3,(H2,31,33,34). The van der Waals surface area contributed by atoms with Crippen LogP contribution in [0, 0.1) is 18.2 Å². The first kappa shape index (κ1) is 25.6. The first-order valence-electron chi connectivity index (χ1n) is 12.1. The summed E-state index contributed by atoms with van der Waals surface area (Å²) in [6.07, 6.45) is 6.62. The summed E-state index contributed by atoms with van der Waals surface area (Å²) in [5.41, 5.74) is 3.02. The topological polar surface area (TPSA) is 96.4 Å². The van der Waals surface area contributed by atoms with Gasteiger partial charge in [0.15, 0.2) is 0 Å². The van der Waals surface area contributed by atoms with Crippen molar-refractivity contribution >= 4 is 11.7 Å². The molecule has 0 spiro atoms. The Balaban J connectivity index is 1.63. The molecule has 0 aliphatic heterocycles. The number of benzene rings is 1. The highest BCUT2D eigenvalue weighted by atomic mass is 19.1. The molecule has 0 radical (unpaired) electrons. The SMILES string of the molecule is Cc1cc(F)c(NC(=O)NCCC2(C)CC2)cc1-c1cc(OCC(C)(C)O)nc(-c2ccncc2)c1. The number of aromatic nitrogens is 2. The molecule has 1 aliphatic rings. The number of pyridine rings is 2. The van der Waals surface area contributed by atoms with Gasteiger partial charge in [-0.2, -0.15) is 0 Å². The Kier molecular flexibility index (Phi) is 7.26. The minimum atomic E-state index is -1.04. The van der Waals surface area contributed by atoms with Gasteiger partial charge >= 0.3 is 6.03 Å². The lowest BCUT2D eigenvalue weighted by atomic mass is 9.98. The summed E-state index contributed by atoms with van der Waals surface area (Å²) < 4.78 is 20.6. The fourth-order valence-corrected chi connectivity index (χ4v) is 3.84. The van der Waals surface area contributed by atoms with Gasteiger partial charge in [0.25, 0.3) is 0 Å². The quantitative estimate of drug-likeness (QED) is 0.355. The van der Waals surface area contributed by atoms with Crippen molar-refractivity contribution in [3.8, 4) is 28.3 Å². The number of anilines is 1. The molecule has 1 fully saturated rings. The van der Waals surface area contributed by atoms with Crippen LogP contribution in [-0.2, 0) is 0 Å². The lowest BCUT2D eigenvalue weighted by Crippen LogP contribution is -2.30. The molecular weight excluding hydrogens is 459 g/mol. The number of amides is 2. The van der Waals surface area contributed by atoms with Crippen molar-refractivity contribution in [2.24, 2.45) is 5.41 Å². The van der Waals surface area contributed by atoms with Gasteiger partial charge in [-0.1, -0.05) is 6.92 Å². The normalized spacial score (nSPS) is 14.3. The smallest absolute Gasteiger partial charge is 0.319 e. The summed E-state index contributed by atoms with van der Waals surface area (Å²) in [5.74, 6) is -0.187. The van der Waals surface area contributed by atoms with E-state index in [9.17, 15) is 14.3 Å². The van der Waals surface area contributed by atoms with Crippen molar-refractivity contribution in [3.05, 3.63) is 60.2 Å². The number of carbonyl (C=O) groups excluding carboxylic acids is 1. The van der Waals surface area contributed by atoms with Gasteiger partial charge in [0.2, 0.25) is 5.88 Å². The van der Waals surface area contributed by atoms with Crippen molar-refractivity contribution in [1.82, 2.24) is 15.3 Å². The lowest BCUT2D eigenvalue weighted by molar-refractivity contribution is 0.0269. The predicted octanol–water partition coefficient (Wildman–Crippen LogP) is 5.72. The molecule has 0 atom stereocenters. The molecule has 3 aromatic rings. The number of aliphatic hydroxyl groups is 1. The monoisotopic (exact) mass is 492 g/mol. The van der Waals surface area contributed by atoms with E-state index in [1.807, 2.05) is 25.1 Å². The molecule has 0 bridgehead atoms. The highest BCUT2D eigenvalue weighted by molar-refractivity contribution is 5.90. The summed E-state index contributed by atoms with van der Waals surface area (Å²) in [6, 6.07) is 9.89. The van der Waals surface area contributed by atoms with Gasteiger partial charge in [-0.3, -0.25) is 4.98 Å². The molecule has 0 saturated heterocycles. The largest absolute Gasteiger partial charge is 0.475 e. The second kappa shape index (κ2) is 10.2. The molecule has 4 rings (SSSR count). The van der Waals surface area contributed by atoms with Crippen LogP contribution in [0.1, 0.15) is 45.6 Å². The molecule has 2 amide bonds. The summed E-state index contributed by atoms with van der Waals surface area (Å²) >= 11 is 0. The number of nitrogens with zero attached hydrogens (tertiary/aromatic N) is 2. The highest BCUT2D eigenvalue weighted by Crippen LogP contribution is 2.47. The van der Waals surface area contributed by atoms with Gasteiger partial charge < -0.3 is 20.5 Å². The minimum Gasteiger partial charge on any atom is -0.475 e. The van der Waals surface area contributed by atoms with E-state index in [0.29, 0.717) is 29.1 Å². The van der Waals surface area contributed by atoms with E-state index in [1.165, 1.54) is 18.9 Å². The van der Waals surface area contributed by atoms with Crippen LogP contribution in [0.5, 0.6) is 5.88 Å². The Morgan fingerprint density at radius 3 is 2.56 bits per heavy atom. The van der Waals surface area contributed by atoms with E-state index < -0.39 is 17.4 Å². The summed E-state index contributed by atoms with van der Waals surface area (Å²) in [5, 5.41) is 15.6. The number of hydrogen-bond acceptors (Lipinski definition) is 5. The van der Waals surface area contributed by atoms with Gasteiger partial charge in [-0.05, 0) is 92.5 Å². The molecule has 8 heteroatoms. The molecule has 1 saturated carbocycles. The van der Waals surface area contributed by atoms with Gasteiger partial charge in [0, 0.05) is 30.6 Å². The van der Waals surface area contributed by atoms with Crippen molar-refractivity contribution in [1.29, 1.82) is 0 Å². The third kappa shape index (κ3) is 6.79. The molecule has 36 heavy (non-hydrogen) atoms. The van der Waals surface area contributed by atoms with E-state index in [1.54, 1.807) is 38.4 Å². The first-order valence-corrected chi connectivity index (χ1v) is 12.1. The maximum Gasteiger partial charge on any atom is 0.319 e. The number of aryl methyl sites for hydroxylation is 1. The number of hydrogen-bond donors (Lipinski definition) is 3. The second-order valence-electron chi connectivity index (χ2n) is 10.5. The number of halogens is 1. The number of urea groups is 1. The van der Waals surface area contributed by atoms with E-state index in [2.05, 4.69) is 27.5 Å². The average Bonchev–Trinajstić information content (AvgIpc) is 3.56. The summed E-state index contributed by atoms with van der Waals surface area (Å²) in [4.78, 5) is 21.1. The van der Waals surface area contributed by atoms with Crippen molar-refractivity contribution in [2.45, 2.75) is 52.6 Å².